The molecule has 0 fully saturated rings. The fourth-order valence-corrected chi connectivity index (χ4v) is 6.59. The predicted molar refractivity (Wildman–Crippen MR) is 71.5 cm³/mol. The monoisotopic (exact) mass is 302 g/mol. The normalized spacial score (nSPS) is 11.3. The second-order valence-electron chi connectivity index (χ2n) is 3.94. The van der Waals surface area contributed by atoms with E-state index in [4.69, 9.17) is 0 Å². The fraction of sp³-hybridized carbons (Fsp3) is 0.273. The molecule has 1 aromatic rings. The Morgan fingerprint density at radius 2 is 1.85 bits per heavy atom. The van der Waals surface area contributed by atoms with Crippen molar-refractivity contribution >= 4 is 35.9 Å². The third kappa shape index (κ3) is 3.27. The van der Waals surface area contributed by atoms with Gasteiger partial charge in [-0.05, 0) is 9.62 Å². The molecular formula is C11H15ISi. The molecule has 0 aliphatic rings. The quantitative estimate of drug-likeness (QED) is 0.592. The summed E-state index contributed by atoms with van der Waals surface area (Å²) in [4.78, 5) is 0. The molecule has 0 radical (unpaired) electrons. The minimum absolute atomic E-state index is 1.18. The van der Waals surface area contributed by atoms with Crippen LogP contribution in [0.15, 0.2) is 40.5 Å². The molecule has 2 heteroatoms. The molecule has 0 nitrogen and oxygen atoms in total. The lowest BCUT2D eigenvalue weighted by Gasteiger charge is -2.22. The average Bonchev–Trinajstić information content (AvgIpc) is 2.04. The molecule has 1 rings (SSSR count). The molecule has 0 aliphatic carbocycles. The highest BCUT2D eigenvalue weighted by molar-refractivity contribution is 14.1. The summed E-state index contributed by atoms with van der Waals surface area (Å²) in [6.45, 7) is 8.78. The zero-order valence-corrected chi connectivity index (χ0v) is 11.3. The summed E-state index contributed by atoms with van der Waals surface area (Å²) in [5.74, 6) is 0. The molecular weight excluding hydrogens is 287 g/mol. The van der Waals surface area contributed by atoms with Gasteiger partial charge in [-0.25, -0.2) is 0 Å². The first-order valence-corrected chi connectivity index (χ1v) is 8.70. The molecule has 13 heavy (non-hydrogen) atoms. The number of hydrogen-bond donors (Lipinski definition) is 0. The summed E-state index contributed by atoms with van der Waals surface area (Å²) < 4.78 is 1.28. The summed E-state index contributed by atoms with van der Waals surface area (Å²) in [5.41, 5.74) is 0. The van der Waals surface area contributed by atoms with Crippen molar-refractivity contribution in [1.82, 2.24) is 0 Å². The first-order chi connectivity index (χ1) is 6.02. The number of benzene rings is 1. The Labute approximate surface area is 95.2 Å². The van der Waals surface area contributed by atoms with Crippen LogP contribution in [-0.2, 0) is 0 Å². The molecule has 0 amide bonds. The number of hydrogen-bond acceptors (Lipinski definition) is 0. The number of halogens is 1. The van der Waals surface area contributed by atoms with Gasteiger partial charge in [-0.2, -0.15) is 0 Å². The van der Waals surface area contributed by atoms with Crippen molar-refractivity contribution in [3.63, 3.8) is 0 Å². The van der Waals surface area contributed by atoms with Crippen molar-refractivity contribution in [2.45, 2.75) is 19.1 Å². The highest BCUT2D eigenvalue weighted by atomic mass is 127. The van der Waals surface area contributed by atoms with Gasteiger partial charge in [0.2, 0.25) is 0 Å². The number of rotatable bonds is 3. The molecule has 0 bridgehead atoms. The van der Waals surface area contributed by atoms with E-state index in [1.165, 1.54) is 14.8 Å². The third-order valence-electron chi connectivity index (χ3n) is 2.19. The maximum Gasteiger partial charge on any atom is 0.0853 e. The van der Waals surface area contributed by atoms with Gasteiger partial charge >= 0.3 is 0 Å². The second kappa shape index (κ2) is 4.42. The first-order valence-electron chi connectivity index (χ1n) is 4.41. The van der Waals surface area contributed by atoms with E-state index in [-0.39, 0.29) is 0 Å². The molecule has 0 unspecified atom stereocenters. The number of allylic oxidation sites excluding steroid dienone is 1. The van der Waals surface area contributed by atoms with E-state index in [1.807, 2.05) is 0 Å². The van der Waals surface area contributed by atoms with Crippen molar-refractivity contribution in [3.8, 4) is 0 Å². The van der Waals surface area contributed by atoms with Gasteiger partial charge in [0.15, 0.2) is 0 Å². The van der Waals surface area contributed by atoms with E-state index in [1.54, 1.807) is 0 Å². The fourth-order valence-electron chi connectivity index (χ4n) is 1.47. The minimum Gasteiger partial charge on any atom is -0.0900 e. The van der Waals surface area contributed by atoms with Gasteiger partial charge in [0.25, 0.3) is 0 Å². The highest BCUT2D eigenvalue weighted by Gasteiger charge is 2.22. The smallest absolute Gasteiger partial charge is 0.0853 e. The van der Waals surface area contributed by atoms with Crippen molar-refractivity contribution in [1.29, 1.82) is 0 Å². The zero-order chi connectivity index (χ0) is 9.90. The van der Waals surface area contributed by atoms with Crippen molar-refractivity contribution in [3.05, 3.63) is 40.5 Å². The zero-order valence-electron chi connectivity index (χ0n) is 8.18. The lowest BCUT2D eigenvalue weighted by Crippen LogP contribution is -2.40. The van der Waals surface area contributed by atoms with Crippen LogP contribution in [0.1, 0.15) is 0 Å². The van der Waals surface area contributed by atoms with Crippen LogP contribution >= 0.6 is 22.6 Å². The van der Waals surface area contributed by atoms with E-state index in [9.17, 15) is 0 Å². The van der Waals surface area contributed by atoms with Crippen LogP contribution < -0.4 is 5.19 Å². The Bertz CT molecular complexity index is 290. The van der Waals surface area contributed by atoms with Gasteiger partial charge in [0, 0.05) is 0 Å². The van der Waals surface area contributed by atoms with Crippen LogP contribution in [0.2, 0.25) is 19.1 Å². The minimum atomic E-state index is -1.25. The SMILES string of the molecule is C=C(I)C[Si](C)(C)c1ccccc1. The van der Waals surface area contributed by atoms with E-state index in [2.05, 4.69) is 72.6 Å². The highest BCUT2D eigenvalue weighted by Crippen LogP contribution is 2.19. The Hall–Kier alpha value is -0.0931. The molecule has 0 atom stereocenters. The summed E-state index contributed by atoms with van der Waals surface area (Å²) in [7, 11) is -1.25. The van der Waals surface area contributed by atoms with Crippen LogP contribution in [0, 0.1) is 0 Å². The van der Waals surface area contributed by atoms with Gasteiger partial charge in [-0.3, -0.25) is 0 Å². The Morgan fingerprint density at radius 1 is 1.31 bits per heavy atom. The van der Waals surface area contributed by atoms with Gasteiger partial charge in [-0.15, -0.1) is 0 Å². The Morgan fingerprint density at radius 3 is 2.31 bits per heavy atom. The molecule has 0 spiro atoms. The van der Waals surface area contributed by atoms with Crippen LogP contribution in [0.4, 0.5) is 0 Å². The standard InChI is InChI=1S/C11H15ISi/c1-10(12)9-13(2,3)11-7-5-4-6-8-11/h4-8H,1,9H2,2-3H3. The summed E-state index contributed by atoms with van der Waals surface area (Å²) in [6.07, 6.45) is 0. The van der Waals surface area contributed by atoms with Gasteiger partial charge in [0.05, 0.1) is 8.07 Å². The molecule has 0 aliphatic heterocycles. The molecule has 1 aromatic carbocycles. The van der Waals surface area contributed by atoms with Crippen molar-refractivity contribution < 1.29 is 0 Å². The van der Waals surface area contributed by atoms with E-state index in [0.717, 1.165) is 0 Å². The van der Waals surface area contributed by atoms with E-state index in [0.29, 0.717) is 0 Å². The van der Waals surface area contributed by atoms with Crippen molar-refractivity contribution in [2.75, 3.05) is 0 Å². The maximum absolute atomic E-state index is 3.99. The first kappa shape index (κ1) is 11.0. The van der Waals surface area contributed by atoms with Crippen LogP contribution in [0.3, 0.4) is 0 Å². The van der Waals surface area contributed by atoms with E-state index < -0.39 is 8.07 Å². The van der Waals surface area contributed by atoms with E-state index >= 15 is 0 Å². The lowest BCUT2D eigenvalue weighted by molar-refractivity contribution is 1.53. The van der Waals surface area contributed by atoms with Crippen LogP contribution in [0.5, 0.6) is 0 Å². The molecule has 70 valence electrons. The maximum atomic E-state index is 3.99. The van der Waals surface area contributed by atoms with Crippen LogP contribution in [-0.4, -0.2) is 8.07 Å². The molecule has 0 N–H and O–H groups in total. The predicted octanol–water partition coefficient (Wildman–Crippen LogP) is 3.55. The van der Waals surface area contributed by atoms with Gasteiger partial charge in [-0.1, -0.05) is 77.8 Å². The third-order valence-corrected chi connectivity index (χ3v) is 6.50. The van der Waals surface area contributed by atoms with Crippen LogP contribution in [0.25, 0.3) is 0 Å². The van der Waals surface area contributed by atoms with Gasteiger partial charge in [0.1, 0.15) is 0 Å². The van der Waals surface area contributed by atoms with Crippen molar-refractivity contribution in [2.24, 2.45) is 0 Å². The molecule has 0 saturated heterocycles. The molecule has 0 saturated carbocycles. The largest absolute Gasteiger partial charge is 0.0900 e. The summed E-state index contributed by atoms with van der Waals surface area (Å²) >= 11 is 2.33. The summed E-state index contributed by atoms with van der Waals surface area (Å²) in [6, 6.07) is 12.0. The average molecular weight is 302 g/mol. The Kier molecular flexibility index (Phi) is 3.73. The second-order valence-corrected chi connectivity index (χ2v) is 10.2. The topological polar surface area (TPSA) is 0 Å². The van der Waals surface area contributed by atoms with Gasteiger partial charge < -0.3 is 0 Å². The Balaban J connectivity index is 2.87. The summed E-state index contributed by atoms with van der Waals surface area (Å²) in [5, 5.41) is 1.52. The molecule has 0 aromatic heterocycles. The lowest BCUT2D eigenvalue weighted by atomic mass is 10.4. The molecule has 0 heterocycles.